The summed E-state index contributed by atoms with van der Waals surface area (Å²) < 4.78 is 5.70. The summed E-state index contributed by atoms with van der Waals surface area (Å²) in [7, 11) is 0. The Morgan fingerprint density at radius 2 is 1.81 bits per heavy atom. The minimum atomic E-state index is -0.199. The highest BCUT2D eigenvalue weighted by Crippen LogP contribution is 2.21. The zero-order valence-electron chi connectivity index (χ0n) is 13.0. The summed E-state index contributed by atoms with van der Waals surface area (Å²) >= 11 is 0. The number of rotatable bonds is 7. The van der Waals surface area contributed by atoms with E-state index in [0.29, 0.717) is 5.56 Å². The molecule has 0 aliphatic heterocycles. The Bertz CT molecular complexity index is 584. The molecule has 0 radical (unpaired) electrons. The molecule has 112 valence electrons. The molecule has 0 aromatic heterocycles. The number of unbranched alkanes of at least 4 members (excludes halogenated alkanes) is 2. The van der Waals surface area contributed by atoms with Crippen LogP contribution in [-0.2, 0) is 4.74 Å². The highest BCUT2D eigenvalue weighted by molar-refractivity contribution is 6.04. The number of hydrogen-bond donors (Lipinski definition) is 0. The Balaban J connectivity index is 2.11. The van der Waals surface area contributed by atoms with Crippen molar-refractivity contribution in [3.8, 4) is 0 Å². The van der Waals surface area contributed by atoms with Crippen LogP contribution < -0.4 is 0 Å². The quantitative estimate of drug-likeness (QED) is 0.505. The summed E-state index contributed by atoms with van der Waals surface area (Å²) in [5, 5.41) is 2.04. The monoisotopic (exact) mass is 284 g/mol. The van der Waals surface area contributed by atoms with Gasteiger partial charge in [-0.2, -0.15) is 0 Å². The highest BCUT2D eigenvalue weighted by Gasteiger charge is 2.16. The lowest BCUT2D eigenvalue weighted by atomic mass is 10.0. The molecule has 0 aliphatic carbocycles. The van der Waals surface area contributed by atoms with Crippen LogP contribution in [0.4, 0.5) is 0 Å². The largest absolute Gasteiger partial charge is 0.459 e. The van der Waals surface area contributed by atoms with E-state index in [2.05, 4.69) is 13.8 Å². The molecule has 2 heteroatoms. The second kappa shape index (κ2) is 7.82. The van der Waals surface area contributed by atoms with E-state index in [1.165, 1.54) is 12.8 Å². The number of hydrogen-bond acceptors (Lipinski definition) is 2. The summed E-state index contributed by atoms with van der Waals surface area (Å²) in [6, 6.07) is 13.7. The van der Waals surface area contributed by atoms with Crippen molar-refractivity contribution in [2.24, 2.45) is 0 Å². The van der Waals surface area contributed by atoms with E-state index in [0.717, 1.165) is 30.0 Å². The Morgan fingerprint density at radius 1 is 1.05 bits per heavy atom. The first kappa shape index (κ1) is 15.6. The molecule has 0 spiro atoms. The molecule has 2 aromatic rings. The molecule has 0 heterocycles. The molecule has 21 heavy (non-hydrogen) atoms. The third-order valence-electron chi connectivity index (χ3n) is 3.87. The number of carbonyl (C=O) groups excluding carboxylic acids is 1. The third-order valence-corrected chi connectivity index (χ3v) is 3.87. The van der Waals surface area contributed by atoms with Gasteiger partial charge in [-0.1, -0.05) is 63.1 Å². The molecule has 2 nitrogen and oxygen atoms in total. The van der Waals surface area contributed by atoms with Crippen LogP contribution in [0.3, 0.4) is 0 Å². The van der Waals surface area contributed by atoms with E-state index >= 15 is 0 Å². The van der Waals surface area contributed by atoms with Crippen molar-refractivity contribution >= 4 is 16.7 Å². The van der Waals surface area contributed by atoms with Gasteiger partial charge < -0.3 is 4.74 Å². The number of carbonyl (C=O) groups is 1. The van der Waals surface area contributed by atoms with Crippen LogP contribution in [0, 0.1) is 0 Å². The Labute approximate surface area is 127 Å². The van der Waals surface area contributed by atoms with E-state index in [-0.39, 0.29) is 12.1 Å². The van der Waals surface area contributed by atoms with Crippen molar-refractivity contribution in [1.29, 1.82) is 0 Å². The molecule has 2 aromatic carbocycles. The lowest BCUT2D eigenvalue weighted by Crippen LogP contribution is -2.17. The van der Waals surface area contributed by atoms with Crippen LogP contribution >= 0.6 is 0 Å². The van der Waals surface area contributed by atoms with Crippen molar-refractivity contribution in [2.45, 2.75) is 52.1 Å². The van der Waals surface area contributed by atoms with Crippen LogP contribution in [-0.4, -0.2) is 12.1 Å². The van der Waals surface area contributed by atoms with E-state index in [1.807, 2.05) is 42.5 Å². The second-order valence-corrected chi connectivity index (χ2v) is 5.46. The lowest BCUT2D eigenvalue weighted by molar-refractivity contribution is 0.0269. The minimum absolute atomic E-state index is 0.0306. The Kier molecular flexibility index (Phi) is 5.79. The normalized spacial score (nSPS) is 12.3. The standard InChI is InChI=1S/C19H24O2/c1-3-5-6-12-16(4-2)21-19(20)18-14-9-11-15-10-7-8-13-17(15)18/h7-11,13-14,16H,3-6,12H2,1-2H3. The maximum Gasteiger partial charge on any atom is 0.339 e. The zero-order valence-corrected chi connectivity index (χ0v) is 13.0. The van der Waals surface area contributed by atoms with Crippen LogP contribution in [0.1, 0.15) is 56.3 Å². The van der Waals surface area contributed by atoms with Gasteiger partial charge in [0.05, 0.1) is 5.56 Å². The first-order valence-corrected chi connectivity index (χ1v) is 7.95. The van der Waals surface area contributed by atoms with Crippen LogP contribution in [0.15, 0.2) is 42.5 Å². The van der Waals surface area contributed by atoms with Gasteiger partial charge in [-0.15, -0.1) is 0 Å². The summed E-state index contributed by atoms with van der Waals surface area (Å²) in [5.41, 5.74) is 0.669. The molecule has 0 N–H and O–H groups in total. The first-order chi connectivity index (χ1) is 10.3. The van der Waals surface area contributed by atoms with Crippen molar-refractivity contribution in [1.82, 2.24) is 0 Å². The van der Waals surface area contributed by atoms with Gasteiger partial charge in [-0.25, -0.2) is 4.79 Å². The lowest BCUT2D eigenvalue weighted by Gasteiger charge is -2.16. The molecular weight excluding hydrogens is 260 g/mol. The molecule has 1 unspecified atom stereocenters. The minimum Gasteiger partial charge on any atom is -0.459 e. The van der Waals surface area contributed by atoms with Gasteiger partial charge in [0.15, 0.2) is 0 Å². The fraction of sp³-hybridized carbons (Fsp3) is 0.421. The van der Waals surface area contributed by atoms with Gasteiger partial charge in [-0.05, 0) is 36.1 Å². The first-order valence-electron chi connectivity index (χ1n) is 7.95. The molecular formula is C19H24O2. The van der Waals surface area contributed by atoms with Crippen LogP contribution in [0.2, 0.25) is 0 Å². The Morgan fingerprint density at radius 3 is 2.57 bits per heavy atom. The Hall–Kier alpha value is -1.83. The zero-order chi connectivity index (χ0) is 15.1. The molecule has 0 saturated heterocycles. The maximum atomic E-state index is 12.4. The summed E-state index contributed by atoms with van der Waals surface area (Å²) in [5.74, 6) is -0.199. The second-order valence-electron chi connectivity index (χ2n) is 5.46. The van der Waals surface area contributed by atoms with Gasteiger partial charge in [0.2, 0.25) is 0 Å². The van der Waals surface area contributed by atoms with E-state index in [1.54, 1.807) is 0 Å². The third kappa shape index (κ3) is 4.07. The molecule has 1 atom stereocenters. The van der Waals surface area contributed by atoms with Crippen molar-refractivity contribution in [3.63, 3.8) is 0 Å². The van der Waals surface area contributed by atoms with Gasteiger partial charge in [0, 0.05) is 0 Å². The maximum absolute atomic E-state index is 12.4. The molecule has 2 rings (SSSR count). The summed E-state index contributed by atoms with van der Waals surface area (Å²) in [4.78, 5) is 12.4. The van der Waals surface area contributed by atoms with Crippen LogP contribution in [0.5, 0.6) is 0 Å². The molecule has 0 bridgehead atoms. The molecule has 0 aliphatic rings. The molecule has 0 saturated carbocycles. The smallest absolute Gasteiger partial charge is 0.339 e. The molecule has 0 amide bonds. The van der Waals surface area contributed by atoms with Crippen molar-refractivity contribution in [3.05, 3.63) is 48.0 Å². The number of esters is 1. The highest BCUT2D eigenvalue weighted by atomic mass is 16.5. The number of benzene rings is 2. The van der Waals surface area contributed by atoms with Crippen LogP contribution in [0.25, 0.3) is 10.8 Å². The van der Waals surface area contributed by atoms with Gasteiger partial charge in [-0.3, -0.25) is 0 Å². The molecule has 0 fully saturated rings. The predicted molar refractivity (Wildman–Crippen MR) is 87.6 cm³/mol. The predicted octanol–water partition coefficient (Wildman–Crippen LogP) is 5.36. The summed E-state index contributed by atoms with van der Waals surface area (Å²) in [6.07, 6.45) is 5.37. The van der Waals surface area contributed by atoms with Gasteiger partial charge >= 0.3 is 5.97 Å². The van der Waals surface area contributed by atoms with Crippen molar-refractivity contribution < 1.29 is 9.53 Å². The van der Waals surface area contributed by atoms with E-state index in [4.69, 9.17) is 4.74 Å². The average molecular weight is 284 g/mol. The van der Waals surface area contributed by atoms with E-state index < -0.39 is 0 Å². The van der Waals surface area contributed by atoms with Crippen molar-refractivity contribution in [2.75, 3.05) is 0 Å². The average Bonchev–Trinajstić information content (AvgIpc) is 2.53. The van der Waals surface area contributed by atoms with E-state index in [9.17, 15) is 4.79 Å². The number of fused-ring (bicyclic) bond motifs is 1. The fourth-order valence-electron chi connectivity index (χ4n) is 2.59. The number of ether oxygens (including phenoxy) is 1. The summed E-state index contributed by atoms with van der Waals surface area (Å²) in [6.45, 7) is 4.26. The fourth-order valence-corrected chi connectivity index (χ4v) is 2.59. The topological polar surface area (TPSA) is 26.3 Å². The van der Waals surface area contributed by atoms with Gasteiger partial charge in [0.1, 0.15) is 6.10 Å². The SMILES string of the molecule is CCCCCC(CC)OC(=O)c1cccc2ccccc12. The van der Waals surface area contributed by atoms with Gasteiger partial charge in [0.25, 0.3) is 0 Å².